The summed E-state index contributed by atoms with van der Waals surface area (Å²) in [5.41, 5.74) is 1.67. The number of hydrogen-bond acceptors (Lipinski definition) is 7. The lowest BCUT2D eigenvalue weighted by Crippen LogP contribution is -2.38. The molecule has 0 spiro atoms. The fraction of sp³-hybridized carbons (Fsp3) is 0.115. The molecule has 1 aromatic heterocycles. The molecule has 196 valence electrons. The second-order valence-corrected chi connectivity index (χ2v) is 11.6. The third-order valence-electron chi connectivity index (χ3n) is 5.49. The van der Waals surface area contributed by atoms with E-state index >= 15 is 0 Å². The van der Waals surface area contributed by atoms with Gasteiger partial charge >= 0.3 is 0 Å². The molecule has 0 bridgehead atoms. The zero-order valence-corrected chi connectivity index (χ0v) is 22.0. The Labute approximate surface area is 221 Å². The molecule has 2 N–H and O–H groups in total. The van der Waals surface area contributed by atoms with Crippen LogP contribution in [0.2, 0.25) is 0 Å². The van der Waals surface area contributed by atoms with Crippen LogP contribution in [-0.4, -0.2) is 39.3 Å². The summed E-state index contributed by atoms with van der Waals surface area (Å²) in [7, 11) is -7.99. The molecule has 0 aliphatic carbocycles. The zero-order chi connectivity index (χ0) is 27.2. The quantitative estimate of drug-likeness (QED) is 0.307. The highest BCUT2D eigenvalue weighted by Crippen LogP contribution is 2.25. The highest BCUT2D eigenvalue weighted by Gasteiger charge is 2.27. The largest absolute Gasteiger partial charge is 0.325 e. The molecular weight excluding hydrogens is 526 g/mol. The van der Waals surface area contributed by atoms with Crippen LogP contribution in [0.3, 0.4) is 0 Å². The molecule has 38 heavy (non-hydrogen) atoms. The standard InChI is InChI=1S/C26H25N5O5S2/c1-2-20-9-13-22(14-10-20)31(38(35,36)24-7-4-3-5-8-24)19-25(32)29-21-11-15-23(16-12-21)37(33,34)30-26-27-17-6-18-28-26/h3-18H,2,19H2,1H3,(H,29,32)(H,27,28,30). The van der Waals surface area contributed by atoms with Crippen LogP contribution in [-0.2, 0) is 31.3 Å². The number of carbonyl (C=O) groups is 1. The molecule has 4 rings (SSSR count). The second kappa shape index (κ2) is 11.4. The smallest absolute Gasteiger partial charge is 0.264 e. The summed E-state index contributed by atoms with van der Waals surface area (Å²) in [5, 5.41) is 2.63. The molecule has 0 aliphatic heterocycles. The van der Waals surface area contributed by atoms with Gasteiger partial charge in [0.15, 0.2) is 0 Å². The van der Waals surface area contributed by atoms with Crippen LogP contribution in [0.15, 0.2) is 107 Å². The summed E-state index contributed by atoms with van der Waals surface area (Å²) in [6.45, 7) is 1.50. The number of amides is 1. The average molecular weight is 552 g/mol. The van der Waals surface area contributed by atoms with Gasteiger partial charge in [0.05, 0.1) is 15.5 Å². The van der Waals surface area contributed by atoms with Gasteiger partial charge < -0.3 is 5.32 Å². The first-order valence-corrected chi connectivity index (χ1v) is 14.5. The Morgan fingerprint density at radius 3 is 2.03 bits per heavy atom. The van der Waals surface area contributed by atoms with Crippen molar-refractivity contribution < 1.29 is 21.6 Å². The lowest BCUT2D eigenvalue weighted by molar-refractivity contribution is -0.114. The van der Waals surface area contributed by atoms with E-state index in [2.05, 4.69) is 20.0 Å². The molecule has 0 unspecified atom stereocenters. The number of carbonyl (C=O) groups excluding carboxylic acids is 1. The topological polar surface area (TPSA) is 138 Å². The van der Waals surface area contributed by atoms with Crippen molar-refractivity contribution in [1.29, 1.82) is 0 Å². The third-order valence-corrected chi connectivity index (χ3v) is 8.62. The molecule has 0 saturated carbocycles. The Morgan fingerprint density at radius 2 is 1.42 bits per heavy atom. The van der Waals surface area contributed by atoms with E-state index in [9.17, 15) is 21.6 Å². The summed E-state index contributed by atoms with van der Waals surface area (Å²) in [6.07, 6.45) is 3.59. The number of aromatic nitrogens is 2. The lowest BCUT2D eigenvalue weighted by Gasteiger charge is -2.24. The van der Waals surface area contributed by atoms with Crippen LogP contribution in [0.5, 0.6) is 0 Å². The van der Waals surface area contributed by atoms with Crippen molar-refractivity contribution in [2.24, 2.45) is 0 Å². The van der Waals surface area contributed by atoms with Gasteiger partial charge in [-0.2, -0.15) is 0 Å². The van der Waals surface area contributed by atoms with Gasteiger partial charge in [-0.1, -0.05) is 37.3 Å². The molecule has 4 aromatic rings. The van der Waals surface area contributed by atoms with Crippen LogP contribution >= 0.6 is 0 Å². The SMILES string of the molecule is CCc1ccc(N(CC(=O)Nc2ccc(S(=O)(=O)Nc3ncccn3)cc2)S(=O)(=O)c2ccccc2)cc1. The highest BCUT2D eigenvalue weighted by atomic mass is 32.2. The Bertz CT molecular complexity index is 1600. The minimum absolute atomic E-state index is 0.0526. The summed E-state index contributed by atoms with van der Waals surface area (Å²) in [4.78, 5) is 20.6. The van der Waals surface area contributed by atoms with Gasteiger partial charge in [0.1, 0.15) is 6.54 Å². The van der Waals surface area contributed by atoms with Crippen molar-refractivity contribution in [1.82, 2.24) is 9.97 Å². The van der Waals surface area contributed by atoms with E-state index in [-0.39, 0.29) is 15.7 Å². The fourth-order valence-electron chi connectivity index (χ4n) is 3.51. The summed E-state index contributed by atoms with van der Waals surface area (Å²) >= 11 is 0. The normalized spacial score (nSPS) is 11.5. The Kier molecular flexibility index (Phi) is 8.03. The molecule has 1 amide bonds. The number of anilines is 3. The maximum Gasteiger partial charge on any atom is 0.264 e. The average Bonchev–Trinajstić information content (AvgIpc) is 2.93. The van der Waals surface area contributed by atoms with Crippen LogP contribution in [0, 0.1) is 0 Å². The molecule has 0 fully saturated rings. The maximum atomic E-state index is 13.4. The molecular formula is C26H25N5O5S2. The molecule has 1 heterocycles. The molecule has 0 radical (unpaired) electrons. The first-order valence-electron chi connectivity index (χ1n) is 11.6. The van der Waals surface area contributed by atoms with Crippen LogP contribution in [0.1, 0.15) is 12.5 Å². The van der Waals surface area contributed by atoms with Crippen molar-refractivity contribution in [3.63, 3.8) is 0 Å². The van der Waals surface area contributed by atoms with E-state index in [4.69, 9.17) is 0 Å². The fourth-order valence-corrected chi connectivity index (χ4v) is 5.91. The molecule has 3 aromatic carbocycles. The van der Waals surface area contributed by atoms with Crippen molar-refractivity contribution >= 4 is 43.3 Å². The van der Waals surface area contributed by atoms with Crippen LogP contribution in [0.4, 0.5) is 17.3 Å². The van der Waals surface area contributed by atoms with Crippen molar-refractivity contribution in [2.75, 3.05) is 20.9 Å². The number of hydrogen-bond donors (Lipinski definition) is 2. The molecule has 0 aliphatic rings. The Hall–Kier alpha value is -4.29. The van der Waals surface area contributed by atoms with Gasteiger partial charge in [0.25, 0.3) is 20.0 Å². The molecule has 12 heteroatoms. The van der Waals surface area contributed by atoms with E-state index in [0.29, 0.717) is 11.4 Å². The van der Waals surface area contributed by atoms with E-state index < -0.39 is 32.5 Å². The van der Waals surface area contributed by atoms with E-state index in [1.807, 2.05) is 19.1 Å². The first kappa shape index (κ1) is 26.8. The van der Waals surface area contributed by atoms with Crippen molar-refractivity contribution in [3.8, 4) is 0 Å². The number of nitrogens with zero attached hydrogens (tertiary/aromatic N) is 3. The van der Waals surface area contributed by atoms with Gasteiger partial charge in [0, 0.05) is 18.1 Å². The van der Waals surface area contributed by atoms with Crippen LogP contribution in [0.25, 0.3) is 0 Å². The molecule has 0 saturated heterocycles. The monoisotopic (exact) mass is 551 g/mol. The minimum atomic E-state index is -4.04. The molecule has 10 nitrogen and oxygen atoms in total. The minimum Gasteiger partial charge on any atom is -0.325 e. The summed E-state index contributed by atoms with van der Waals surface area (Å²) < 4.78 is 55.3. The predicted molar refractivity (Wildman–Crippen MR) is 145 cm³/mol. The predicted octanol–water partition coefficient (Wildman–Crippen LogP) is 3.67. The van der Waals surface area contributed by atoms with Gasteiger partial charge in [0.2, 0.25) is 11.9 Å². The zero-order valence-electron chi connectivity index (χ0n) is 20.4. The van der Waals surface area contributed by atoms with Gasteiger partial charge in [-0.05, 0) is 66.6 Å². The lowest BCUT2D eigenvalue weighted by atomic mass is 10.1. The number of nitrogens with one attached hydrogen (secondary N) is 2. The van der Waals surface area contributed by atoms with Gasteiger partial charge in [-0.15, -0.1) is 0 Å². The second-order valence-electron chi connectivity index (χ2n) is 8.10. The van der Waals surface area contributed by atoms with Gasteiger partial charge in [-0.25, -0.2) is 31.5 Å². The Morgan fingerprint density at radius 1 is 0.789 bits per heavy atom. The summed E-state index contributed by atoms with van der Waals surface area (Å²) in [5.74, 6) is -0.674. The van der Waals surface area contributed by atoms with Crippen molar-refractivity contribution in [3.05, 3.63) is 103 Å². The molecule has 0 atom stereocenters. The first-order chi connectivity index (χ1) is 18.2. The van der Waals surface area contributed by atoms with Gasteiger partial charge in [-0.3, -0.25) is 9.10 Å². The maximum absolute atomic E-state index is 13.4. The van der Waals surface area contributed by atoms with E-state index in [1.165, 1.54) is 48.8 Å². The summed E-state index contributed by atoms with van der Waals surface area (Å²) in [6, 6.07) is 21.8. The van der Waals surface area contributed by atoms with E-state index in [0.717, 1.165) is 16.3 Å². The number of benzene rings is 3. The highest BCUT2D eigenvalue weighted by molar-refractivity contribution is 7.93. The number of sulfonamides is 2. The third kappa shape index (κ3) is 6.33. The Balaban J connectivity index is 1.53. The van der Waals surface area contributed by atoms with Crippen molar-refractivity contribution in [2.45, 2.75) is 23.1 Å². The van der Waals surface area contributed by atoms with Crippen LogP contribution < -0.4 is 14.3 Å². The number of aryl methyl sites for hydroxylation is 1. The van der Waals surface area contributed by atoms with E-state index in [1.54, 1.807) is 36.4 Å². The number of rotatable bonds is 10.